The number of ether oxygens (including phenoxy) is 3. The van der Waals surface area contributed by atoms with Crippen molar-refractivity contribution in [2.24, 2.45) is 5.92 Å². The van der Waals surface area contributed by atoms with E-state index >= 15 is 0 Å². The number of carbonyl (C=O) groups excluding carboxylic acids is 1. The van der Waals surface area contributed by atoms with Crippen molar-refractivity contribution in [3.05, 3.63) is 33.9 Å². The molecule has 3 rings (SSSR count). The summed E-state index contributed by atoms with van der Waals surface area (Å²) in [6.07, 6.45) is 5.79. The number of hydrogen-bond donors (Lipinski definition) is 1. The summed E-state index contributed by atoms with van der Waals surface area (Å²) in [6.45, 7) is 3.19. The summed E-state index contributed by atoms with van der Waals surface area (Å²) in [5.74, 6) is -0.201. The molecule has 2 fully saturated rings. The molecule has 0 radical (unpaired) electrons. The van der Waals surface area contributed by atoms with Gasteiger partial charge in [-0.15, -0.1) is 0 Å². The van der Waals surface area contributed by atoms with E-state index in [0.29, 0.717) is 18.9 Å². The van der Waals surface area contributed by atoms with Gasteiger partial charge < -0.3 is 19.5 Å². The van der Waals surface area contributed by atoms with Crippen molar-refractivity contribution in [2.75, 3.05) is 18.5 Å². The SMILES string of the molecule is CCOC(=O)C1CCC(Nc2ccc(COC3CCCCO3)cc2[N+](=O)[O-])CC1. The summed E-state index contributed by atoms with van der Waals surface area (Å²) < 4.78 is 16.4. The Hall–Kier alpha value is -2.19. The fourth-order valence-electron chi connectivity index (χ4n) is 3.93. The number of benzene rings is 1. The third-order valence-electron chi connectivity index (χ3n) is 5.54. The average Bonchev–Trinajstić information content (AvgIpc) is 2.74. The molecule has 1 saturated carbocycles. The van der Waals surface area contributed by atoms with Crippen molar-refractivity contribution < 1.29 is 23.9 Å². The predicted octanol–water partition coefficient (Wildman–Crippen LogP) is 4.17. The van der Waals surface area contributed by atoms with Crippen LogP contribution < -0.4 is 5.32 Å². The molecule has 0 bridgehead atoms. The van der Waals surface area contributed by atoms with Gasteiger partial charge in [0.25, 0.3) is 5.69 Å². The molecule has 0 aromatic heterocycles. The van der Waals surface area contributed by atoms with Crippen LogP contribution in [0.1, 0.15) is 57.4 Å². The van der Waals surface area contributed by atoms with Crippen LogP contribution in [-0.2, 0) is 25.6 Å². The third-order valence-corrected chi connectivity index (χ3v) is 5.54. The molecule has 1 aromatic carbocycles. The quantitative estimate of drug-likeness (QED) is 0.393. The van der Waals surface area contributed by atoms with Gasteiger partial charge in [-0.25, -0.2) is 0 Å². The van der Waals surface area contributed by atoms with E-state index in [4.69, 9.17) is 14.2 Å². The molecule has 8 heteroatoms. The highest BCUT2D eigenvalue weighted by Gasteiger charge is 2.28. The van der Waals surface area contributed by atoms with Gasteiger partial charge in [-0.05, 0) is 63.5 Å². The minimum Gasteiger partial charge on any atom is -0.466 e. The van der Waals surface area contributed by atoms with Gasteiger partial charge in [0.1, 0.15) is 5.69 Å². The molecule has 1 aliphatic heterocycles. The van der Waals surface area contributed by atoms with Gasteiger partial charge in [0.2, 0.25) is 0 Å². The first kappa shape index (κ1) is 21.5. The summed E-state index contributed by atoms with van der Waals surface area (Å²) in [4.78, 5) is 23.1. The molecule has 0 spiro atoms. The lowest BCUT2D eigenvalue weighted by Crippen LogP contribution is -2.30. The van der Waals surface area contributed by atoms with Crippen molar-refractivity contribution in [2.45, 2.75) is 70.8 Å². The zero-order valence-corrected chi connectivity index (χ0v) is 16.9. The standard InChI is InChI=1S/C21H30N2O6/c1-2-27-21(24)16-7-9-17(10-8-16)22-18-11-6-15(13-19(18)23(25)26)14-29-20-5-3-4-12-28-20/h6,11,13,16-17,20,22H,2-5,7-10,12,14H2,1H3. The van der Waals surface area contributed by atoms with Crippen LogP contribution in [0.4, 0.5) is 11.4 Å². The van der Waals surface area contributed by atoms with E-state index in [0.717, 1.165) is 50.5 Å². The number of rotatable bonds is 8. The number of nitro groups is 1. The lowest BCUT2D eigenvalue weighted by atomic mass is 9.86. The molecule has 1 atom stereocenters. The van der Waals surface area contributed by atoms with Crippen LogP contribution in [-0.4, -0.2) is 36.4 Å². The highest BCUT2D eigenvalue weighted by Crippen LogP contribution is 2.32. The van der Waals surface area contributed by atoms with Crippen LogP contribution in [0.3, 0.4) is 0 Å². The summed E-state index contributed by atoms with van der Waals surface area (Å²) in [6, 6.07) is 5.27. The number of nitrogens with one attached hydrogen (secondary N) is 1. The minimum absolute atomic E-state index is 0.0446. The second-order valence-electron chi connectivity index (χ2n) is 7.66. The summed E-state index contributed by atoms with van der Waals surface area (Å²) in [7, 11) is 0. The normalized spacial score (nSPS) is 24.7. The molecule has 1 aromatic rings. The number of carbonyl (C=O) groups is 1. The molecule has 1 unspecified atom stereocenters. The van der Waals surface area contributed by atoms with Gasteiger partial charge in [-0.2, -0.15) is 0 Å². The number of hydrogen-bond acceptors (Lipinski definition) is 7. The van der Waals surface area contributed by atoms with Crippen molar-refractivity contribution in [1.82, 2.24) is 0 Å². The number of esters is 1. The Labute approximate surface area is 171 Å². The molecule has 8 nitrogen and oxygen atoms in total. The molecule has 2 aliphatic rings. The first-order valence-electron chi connectivity index (χ1n) is 10.5. The minimum atomic E-state index is -0.368. The summed E-state index contributed by atoms with van der Waals surface area (Å²) >= 11 is 0. The van der Waals surface area contributed by atoms with Gasteiger partial charge in [-0.1, -0.05) is 6.07 Å². The average molecular weight is 406 g/mol. The van der Waals surface area contributed by atoms with Crippen molar-refractivity contribution in [3.8, 4) is 0 Å². The molecule has 1 heterocycles. The Morgan fingerprint density at radius 2 is 2.03 bits per heavy atom. The van der Waals surface area contributed by atoms with Crippen LogP contribution in [0.15, 0.2) is 18.2 Å². The van der Waals surface area contributed by atoms with E-state index in [9.17, 15) is 14.9 Å². The molecule has 1 aliphatic carbocycles. The molecule has 1 saturated heterocycles. The van der Waals surface area contributed by atoms with Crippen molar-refractivity contribution in [1.29, 1.82) is 0 Å². The van der Waals surface area contributed by atoms with Crippen molar-refractivity contribution in [3.63, 3.8) is 0 Å². The molecular formula is C21H30N2O6. The Kier molecular flexibility index (Phi) is 7.83. The first-order valence-corrected chi connectivity index (χ1v) is 10.5. The van der Waals surface area contributed by atoms with Crippen LogP contribution in [0.5, 0.6) is 0 Å². The van der Waals surface area contributed by atoms with E-state index in [2.05, 4.69) is 5.32 Å². The lowest BCUT2D eigenvalue weighted by Gasteiger charge is -2.28. The molecule has 29 heavy (non-hydrogen) atoms. The number of nitrogens with zero attached hydrogens (tertiary/aromatic N) is 1. The Bertz CT molecular complexity index is 696. The Morgan fingerprint density at radius 3 is 2.69 bits per heavy atom. The zero-order chi connectivity index (χ0) is 20.6. The first-order chi connectivity index (χ1) is 14.1. The monoisotopic (exact) mass is 406 g/mol. The van der Waals surface area contributed by atoms with Crippen LogP contribution in [0.2, 0.25) is 0 Å². The highest BCUT2D eigenvalue weighted by molar-refractivity contribution is 5.72. The molecule has 160 valence electrons. The number of anilines is 1. The molecule has 0 amide bonds. The van der Waals surface area contributed by atoms with Gasteiger partial charge in [0.15, 0.2) is 6.29 Å². The zero-order valence-electron chi connectivity index (χ0n) is 16.9. The second-order valence-corrected chi connectivity index (χ2v) is 7.66. The van der Waals surface area contributed by atoms with E-state index in [1.165, 1.54) is 0 Å². The summed E-state index contributed by atoms with van der Waals surface area (Å²) in [5.41, 5.74) is 1.30. The van der Waals surface area contributed by atoms with E-state index in [-0.39, 0.29) is 41.4 Å². The second kappa shape index (κ2) is 10.5. The fraction of sp³-hybridized carbons (Fsp3) is 0.667. The van der Waals surface area contributed by atoms with Gasteiger partial charge in [0, 0.05) is 18.7 Å². The third kappa shape index (κ3) is 6.14. The van der Waals surface area contributed by atoms with Crippen LogP contribution in [0, 0.1) is 16.0 Å². The largest absolute Gasteiger partial charge is 0.466 e. The van der Waals surface area contributed by atoms with Gasteiger partial charge >= 0.3 is 5.97 Å². The topological polar surface area (TPSA) is 99.9 Å². The van der Waals surface area contributed by atoms with E-state index in [1.54, 1.807) is 19.1 Å². The smallest absolute Gasteiger partial charge is 0.308 e. The van der Waals surface area contributed by atoms with Crippen LogP contribution >= 0.6 is 0 Å². The highest BCUT2D eigenvalue weighted by atomic mass is 16.7. The Morgan fingerprint density at radius 1 is 1.24 bits per heavy atom. The van der Waals surface area contributed by atoms with E-state index < -0.39 is 0 Å². The number of nitro benzene ring substituents is 1. The fourth-order valence-corrected chi connectivity index (χ4v) is 3.93. The molecule has 1 N–H and O–H groups in total. The van der Waals surface area contributed by atoms with Crippen molar-refractivity contribution >= 4 is 17.3 Å². The predicted molar refractivity (Wildman–Crippen MR) is 107 cm³/mol. The maximum atomic E-state index is 11.9. The Balaban J connectivity index is 1.56. The van der Waals surface area contributed by atoms with E-state index in [1.807, 2.05) is 6.07 Å². The maximum Gasteiger partial charge on any atom is 0.308 e. The van der Waals surface area contributed by atoms with Gasteiger partial charge in [0.05, 0.1) is 24.1 Å². The lowest BCUT2D eigenvalue weighted by molar-refractivity contribution is -0.384. The van der Waals surface area contributed by atoms with Crippen LogP contribution in [0.25, 0.3) is 0 Å². The molecular weight excluding hydrogens is 376 g/mol. The summed E-state index contributed by atoms with van der Waals surface area (Å²) in [5, 5.41) is 14.9. The maximum absolute atomic E-state index is 11.9. The van der Waals surface area contributed by atoms with Gasteiger partial charge in [-0.3, -0.25) is 14.9 Å².